The summed E-state index contributed by atoms with van der Waals surface area (Å²) in [5.41, 5.74) is 2.56. The van der Waals surface area contributed by atoms with Crippen molar-refractivity contribution >= 4 is 5.91 Å². The highest BCUT2D eigenvalue weighted by atomic mass is 19.1. The van der Waals surface area contributed by atoms with Crippen LogP contribution in [0.15, 0.2) is 102 Å². The van der Waals surface area contributed by atoms with Crippen molar-refractivity contribution in [2.75, 3.05) is 26.2 Å². The Morgan fingerprint density at radius 2 is 1.42 bits per heavy atom. The number of hydrogen-bond acceptors (Lipinski definition) is 4. The number of rotatable bonds is 6. The van der Waals surface area contributed by atoms with Crippen LogP contribution in [-0.4, -0.2) is 51.4 Å². The van der Waals surface area contributed by atoms with Gasteiger partial charge in [-0.1, -0.05) is 72.8 Å². The lowest BCUT2D eigenvalue weighted by Gasteiger charge is -2.39. The molecule has 1 fully saturated rings. The van der Waals surface area contributed by atoms with Gasteiger partial charge in [-0.25, -0.2) is 9.37 Å². The molecule has 0 saturated carbocycles. The van der Waals surface area contributed by atoms with E-state index in [0.717, 1.165) is 13.1 Å². The lowest BCUT2D eigenvalue weighted by atomic mass is 9.96. The second kappa shape index (κ2) is 10.7. The summed E-state index contributed by atoms with van der Waals surface area (Å²) >= 11 is 0. The second-order valence-corrected chi connectivity index (χ2v) is 8.86. The molecule has 0 unspecified atom stereocenters. The third-order valence-electron chi connectivity index (χ3n) is 6.60. The first-order chi connectivity index (χ1) is 17.6. The van der Waals surface area contributed by atoms with Crippen molar-refractivity contribution in [3.63, 3.8) is 0 Å². The Hall–Kier alpha value is -4.10. The van der Waals surface area contributed by atoms with Gasteiger partial charge >= 0.3 is 0 Å². The van der Waals surface area contributed by atoms with Gasteiger partial charge in [-0.05, 0) is 23.3 Å². The van der Waals surface area contributed by atoms with E-state index >= 15 is 0 Å². The number of nitrogens with zero attached hydrogens (tertiary/aromatic N) is 4. The summed E-state index contributed by atoms with van der Waals surface area (Å²) in [5.74, 6) is -0.575. The van der Waals surface area contributed by atoms with Crippen molar-refractivity contribution < 1.29 is 9.18 Å². The van der Waals surface area contributed by atoms with Crippen molar-refractivity contribution in [3.8, 4) is 11.3 Å². The summed E-state index contributed by atoms with van der Waals surface area (Å²) in [6, 6.07) is 28.3. The number of carbonyl (C=O) groups excluding carboxylic acids is 1. The smallest absolute Gasteiger partial charge is 0.254 e. The molecule has 0 N–H and O–H groups in total. The van der Waals surface area contributed by atoms with Crippen molar-refractivity contribution in [2.45, 2.75) is 12.6 Å². The Bertz CT molecular complexity index is 1340. The summed E-state index contributed by atoms with van der Waals surface area (Å²) in [6.07, 6.45) is 1.32. The minimum atomic E-state index is -0.444. The molecule has 0 aliphatic carbocycles. The zero-order chi connectivity index (χ0) is 24.9. The first kappa shape index (κ1) is 23.6. The SMILES string of the molecule is O=C(Cn1cnc(-c2ccccc2F)cc1=O)N1CCN(C(c2ccccc2)c2ccccc2)CC1. The maximum absolute atomic E-state index is 14.1. The molecule has 7 heteroatoms. The third kappa shape index (κ3) is 5.11. The zero-order valence-electron chi connectivity index (χ0n) is 19.8. The molecule has 36 heavy (non-hydrogen) atoms. The van der Waals surface area contributed by atoms with Crippen LogP contribution in [0.4, 0.5) is 4.39 Å². The van der Waals surface area contributed by atoms with E-state index in [-0.39, 0.29) is 35.3 Å². The number of piperazine rings is 1. The van der Waals surface area contributed by atoms with Crippen LogP contribution in [0.25, 0.3) is 11.3 Å². The summed E-state index contributed by atoms with van der Waals surface area (Å²) < 4.78 is 15.3. The highest BCUT2D eigenvalue weighted by Crippen LogP contribution is 2.29. The number of hydrogen-bond donors (Lipinski definition) is 0. The molecule has 5 rings (SSSR count). The van der Waals surface area contributed by atoms with Crippen LogP contribution < -0.4 is 5.56 Å². The van der Waals surface area contributed by atoms with Crippen LogP contribution in [0.5, 0.6) is 0 Å². The predicted molar refractivity (Wildman–Crippen MR) is 137 cm³/mol. The fourth-order valence-electron chi connectivity index (χ4n) is 4.72. The standard InChI is InChI=1S/C29H27FN4O2/c30-25-14-8-7-13-24(25)26-19-27(35)34(21-31-26)20-28(36)32-15-17-33(18-16-32)29(22-9-3-1-4-10-22)23-11-5-2-6-12-23/h1-14,19,21,29H,15-18,20H2. The van der Waals surface area contributed by atoms with Gasteiger partial charge in [0.05, 0.1) is 18.1 Å². The summed E-state index contributed by atoms with van der Waals surface area (Å²) in [6.45, 7) is 2.50. The van der Waals surface area contributed by atoms with Crippen molar-refractivity contribution in [3.05, 3.63) is 125 Å². The van der Waals surface area contributed by atoms with Gasteiger partial charge in [0.25, 0.3) is 5.56 Å². The molecule has 1 aliphatic heterocycles. The van der Waals surface area contributed by atoms with Gasteiger partial charge in [-0.15, -0.1) is 0 Å². The number of aromatic nitrogens is 2. The average molecular weight is 483 g/mol. The molecule has 3 aromatic carbocycles. The topological polar surface area (TPSA) is 58.4 Å². The molecule has 6 nitrogen and oxygen atoms in total. The molecule has 1 saturated heterocycles. The van der Waals surface area contributed by atoms with Crippen LogP contribution in [0.1, 0.15) is 17.2 Å². The van der Waals surface area contributed by atoms with Gasteiger partial charge in [0.1, 0.15) is 12.4 Å². The lowest BCUT2D eigenvalue weighted by molar-refractivity contribution is -0.133. The van der Waals surface area contributed by atoms with Gasteiger partial charge in [-0.2, -0.15) is 0 Å². The van der Waals surface area contributed by atoms with E-state index in [1.807, 2.05) is 36.4 Å². The summed E-state index contributed by atoms with van der Waals surface area (Å²) in [7, 11) is 0. The molecule has 0 spiro atoms. The fourth-order valence-corrected chi connectivity index (χ4v) is 4.72. The van der Waals surface area contributed by atoms with Crippen LogP contribution in [0, 0.1) is 5.82 Å². The Morgan fingerprint density at radius 1 is 0.833 bits per heavy atom. The Labute approximate surface area is 209 Å². The van der Waals surface area contributed by atoms with Gasteiger partial charge in [-0.3, -0.25) is 19.1 Å². The lowest BCUT2D eigenvalue weighted by Crippen LogP contribution is -2.51. The Morgan fingerprint density at radius 3 is 2.00 bits per heavy atom. The van der Waals surface area contributed by atoms with E-state index < -0.39 is 5.82 Å². The zero-order valence-corrected chi connectivity index (χ0v) is 19.8. The highest BCUT2D eigenvalue weighted by Gasteiger charge is 2.28. The number of halogens is 1. The van der Waals surface area contributed by atoms with Crippen LogP contribution in [0.2, 0.25) is 0 Å². The van der Waals surface area contributed by atoms with Crippen molar-refractivity contribution in [2.24, 2.45) is 0 Å². The van der Waals surface area contributed by atoms with Crippen molar-refractivity contribution in [1.82, 2.24) is 19.4 Å². The summed E-state index contributed by atoms with van der Waals surface area (Å²) in [5, 5.41) is 0. The summed E-state index contributed by atoms with van der Waals surface area (Å²) in [4.78, 5) is 34.0. The maximum Gasteiger partial charge on any atom is 0.254 e. The largest absolute Gasteiger partial charge is 0.339 e. The van der Waals surface area contributed by atoms with E-state index in [0.29, 0.717) is 13.1 Å². The number of benzene rings is 3. The average Bonchev–Trinajstić information content (AvgIpc) is 2.92. The molecule has 1 amide bonds. The molecule has 182 valence electrons. The maximum atomic E-state index is 14.1. The predicted octanol–water partition coefficient (Wildman–Crippen LogP) is 3.98. The number of amides is 1. The monoisotopic (exact) mass is 482 g/mol. The quantitative estimate of drug-likeness (QED) is 0.417. The molecule has 4 aromatic rings. The van der Waals surface area contributed by atoms with Gasteiger partial charge < -0.3 is 4.90 Å². The van der Waals surface area contributed by atoms with E-state index in [4.69, 9.17) is 0 Å². The van der Waals surface area contributed by atoms with E-state index in [1.54, 1.807) is 23.1 Å². The molecule has 1 aliphatic rings. The minimum absolute atomic E-state index is 0.0931. The van der Waals surface area contributed by atoms with Gasteiger partial charge in [0.15, 0.2) is 0 Å². The van der Waals surface area contributed by atoms with E-state index in [1.165, 1.54) is 34.2 Å². The van der Waals surface area contributed by atoms with Gasteiger partial charge in [0, 0.05) is 37.8 Å². The third-order valence-corrected chi connectivity index (χ3v) is 6.60. The molecule has 0 bridgehead atoms. The number of carbonyl (C=O) groups is 1. The first-order valence-electron chi connectivity index (χ1n) is 12.0. The second-order valence-electron chi connectivity index (χ2n) is 8.86. The Kier molecular flexibility index (Phi) is 7.00. The molecule has 0 atom stereocenters. The highest BCUT2D eigenvalue weighted by molar-refractivity contribution is 5.76. The van der Waals surface area contributed by atoms with E-state index in [2.05, 4.69) is 34.1 Å². The van der Waals surface area contributed by atoms with Gasteiger partial charge in [0.2, 0.25) is 5.91 Å². The minimum Gasteiger partial charge on any atom is -0.339 e. The van der Waals surface area contributed by atoms with Crippen LogP contribution in [0.3, 0.4) is 0 Å². The normalized spacial score (nSPS) is 14.2. The van der Waals surface area contributed by atoms with Crippen molar-refractivity contribution in [1.29, 1.82) is 0 Å². The molecule has 0 radical (unpaired) electrons. The molecular formula is C29H27FN4O2. The molecular weight excluding hydrogens is 455 g/mol. The van der Waals surface area contributed by atoms with E-state index in [9.17, 15) is 14.0 Å². The molecule has 1 aromatic heterocycles. The molecule has 2 heterocycles. The van der Waals surface area contributed by atoms with Crippen LogP contribution in [-0.2, 0) is 11.3 Å². The first-order valence-corrected chi connectivity index (χ1v) is 12.0. The van der Waals surface area contributed by atoms with Crippen LogP contribution >= 0.6 is 0 Å². The fraction of sp³-hybridized carbons (Fsp3) is 0.207. The Balaban J connectivity index is 1.26.